The van der Waals surface area contributed by atoms with Gasteiger partial charge in [-0.05, 0) is 26.0 Å². The third-order valence-corrected chi connectivity index (χ3v) is 3.91. The lowest BCUT2D eigenvalue weighted by molar-refractivity contribution is 0.102. The molecular formula is C17H15FN6O. The summed E-state index contributed by atoms with van der Waals surface area (Å²) >= 11 is 0. The predicted octanol–water partition coefficient (Wildman–Crippen LogP) is 3.05. The largest absolute Gasteiger partial charge is 0.319 e. The molecular weight excluding hydrogens is 323 g/mol. The van der Waals surface area contributed by atoms with Crippen molar-refractivity contribution < 1.29 is 9.18 Å². The molecule has 7 nitrogen and oxygen atoms in total. The zero-order chi connectivity index (χ0) is 17.6. The van der Waals surface area contributed by atoms with Crippen LogP contribution < -0.4 is 5.32 Å². The quantitative estimate of drug-likeness (QED) is 0.623. The number of nitrogens with one attached hydrogen (secondary N) is 1. The van der Waals surface area contributed by atoms with Crippen molar-refractivity contribution in [1.29, 1.82) is 0 Å². The van der Waals surface area contributed by atoms with E-state index in [2.05, 4.69) is 20.5 Å². The number of nitrogens with zero attached hydrogens (tertiary/aromatic N) is 5. The fraction of sp³-hybridized carbons (Fsp3) is 0.176. The molecule has 0 saturated heterocycles. The van der Waals surface area contributed by atoms with E-state index in [-0.39, 0.29) is 17.3 Å². The number of anilines is 1. The van der Waals surface area contributed by atoms with Crippen LogP contribution in [-0.4, -0.2) is 30.3 Å². The SMILES string of the molecule is CC(C)n1cc2cc(NC(=O)c3cnn4cccnc34)c(F)cc2n1. The van der Waals surface area contributed by atoms with Crippen molar-refractivity contribution in [2.45, 2.75) is 19.9 Å². The molecule has 0 radical (unpaired) electrons. The lowest BCUT2D eigenvalue weighted by Crippen LogP contribution is -2.13. The van der Waals surface area contributed by atoms with Crippen molar-refractivity contribution in [2.24, 2.45) is 0 Å². The van der Waals surface area contributed by atoms with Crippen LogP contribution in [0.3, 0.4) is 0 Å². The van der Waals surface area contributed by atoms with Crippen LogP contribution in [0.2, 0.25) is 0 Å². The zero-order valence-corrected chi connectivity index (χ0v) is 13.6. The highest BCUT2D eigenvalue weighted by Gasteiger charge is 2.16. The Hall–Kier alpha value is -3.29. The van der Waals surface area contributed by atoms with Crippen molar-refractivity contribution in [3.63, 3.8) is 0 Å². The van der Waals surface area contributed by atoms with Gasteiger partial charge in [0.15, 0.2) is 5.65 Å². The molecule has 4 aromatic rings. The molecule has 0 aliphatic heterocycles. The van der Waals surface area contributed by atoms with E-state index in [1.54, 1.807) is 29.2 Å². The van der Waals surface area contributed by atoms with Crippen LogP contribution in [-0.2, 0) is 0 Å². The normalized spacial score (nSPS) is 11.5. The number of hydrogen-bond donors (Lipinski definition) is 1. The van der Waals surface area contributed by atoms with Crippen LogP contribution >= 0.6 is 0 Å². The molecule has 3 heterocycles. The number of carbonyl (C=O) groups is 1. The second-order valence-electron chi connectivity index (χ2n) is 5.99. The molecule has 0 saturated carbocycles. The highest BCUT2D eigenvalue weighted by Crippen LogP contribution is 2.24. The van der Waals surface area contributed by atoms with Gasteiger partial charge in [0.25, 0.3) is 5.91 Å². The fourth-order valence-electron chi connectivity index (χ4n) is 2.60. The fourth-order valence-corrected chi connectivity index (χ4v) is 2.60. The summed E-state index contributed by atoms with van der Waals surface area (Å²) in [6.07, 6.45) is 6.49. The summed E-state index contributed by atoms with van der Waals surface area (Å²) in [6, 6.07) is 4.77. The molecule has 8 heteroatoms. The average Bonchev–Trinajstić information content (AvgIpc) is 3.18. The zero-order valence-electron chi connectivity index (χ0n) is 13.6. The smallest absolute Gasteiger partial charge is 0.261 e. The number of amides is 1. The van der Waals surface area contributed by atoms with E-state index in [0.29, 0.717) is 11.2 Å². The van der Waals surface area contributed by atoms with E-state index in [0.717, 1.165) is 5.39 Å². The Morgan fingerprint density at radius 2 is 2.16 bits per heavy atom. The van der Waals surface area contributed by atoms with Gasteiger partial charge in [0.05, 0.1) is 17.4 Å². The minimum atomic E-state index is -0.542. The third kappa shape index (κ3) is 2.61. The molecule has 3 aromatic heterocycles. The first-order valence-corrected chi connectivity index (χ1v) is 7.81. The summed E-state index contributed by atoms with van der Waals surface area (Å²) in [5, 5.41) is 11.7. The van der Waals surface area contributed by atoms with Crippen molar-refractivity contribution in [3.8, 4) is 0 Å². The van der Waals surface area contributed by atoms with E-state index in [1.165, 1.54) is 16.8 Å². The Balaban J connectivity index is 1.70. The molecule has 0 fully saturated rings. The van der Waals surface area contributed by atoms with Gasteiger partial charge in [0.1, 0.15) is 11.4 Å². The number of carbonyl (C=O) groups excluding carboxylic acids is 1. The van der Waals surface area contributed by atoms with Crippen LogP contribution in [0.5, 0.6) is 0 Å². The van der Waals surface area contributed by atoms with Gasteiger partial charge in [-0.15, -0.1) is 0 Å². The maximum absolute atomic E-state index is 14.3. The lowest BCUT2D eigenvalue weighted by atomic mass is 10.2. The van der Waals surface area contributed by atoms with Gasteiger partial charge in [0, 0.05) is 36.1 Å². The van der Waals surface area contributed by atoms with Gasteiger partial charge < -0.3 is 5.32 Å². The summed E-state index contributed by atoms with van der Waals surface area (Å²) in [7, 11) is 0. The standard InChI is InChI=1S/C17H15FN6O/c1-10(2)24-9-11-6-15(13(18)7-14(11)22-24)21-17(25)12-8-20-23-5-3-4-19-16(12)23/h3-10H,1-2H3,(H,21,25). The summed E-state index contributed by atoms with van der Waals surface area (Å²) < 4.78 is 17.6. The molecule has 4 rings (SSSR count). The highest BCUT2D eigenvalue weighted by molar-refractivity contribution is 6.08. The molecule has 1 amide bonds. The van der Waals surface area contributed by atoms with Gasteiger partial charge in [-0.25, -0.2) is 13.9 Å². The molecule has 1 N–H and O–H groups in total. The summed E-state index contributed by atoms with van der Waals surface area (Å²) in [5.74, 6) is -1.01. The molecule has 25 heavy (non-hydrogen) atoms. The number of halogens is 1. The van der Waals surface area contributed by atoms with Gasteiger partial charge in [0.2, 0.25) is 0 Å². The van der Waals surface area contributed by atoms with E-state index in [4.69, 9.17) is 0 Å². The predicted molar refractivity (Wildman–Crippen MR) is 91.0 cm³/mol. The van der Waals surface area contributed by atoms with Gasteiger partial charge in [-0.1, -0.05) is 0 Å². The number of hydrogen-bond acceptors (Lipinski definition) is 4. The molecule has 1 aromatic carbocycles. The maximum Gasteiger partial charge on any atom is 0.261 e. The lowest BCUT2D eigenvalue weighted by Gasteiger charge is -2.05. The second-order valence-corrected chi connectivity index (χ2v) is 5.99. The summed E-state index contributed by atoms with van der Waals surface area (Å²) in [5.41, 5.74) is 1.32. The second kappa shape index (κ2) is 5.66. The van der Waals surface area contributed by atoms with E-state index >= 15 is 0 Å². The number of benzene rings is 1. The van der Waals surface area contributed by atoms with E-state index < -0.39 is 11.7 Å². The first-order valence-electron chi connectivity index (χ1n) is 7.81. The number of aromatic nitrogens is 5. The molecule has 126 valence electrons. The van der Waals surface area contributed by atoms with Gasteiger partial charge >= 0.3 is 0 Å². The summed E-state index contributed by atoms with van der Waals surface area (Å²) in [6.45, 7) is 3.98. The van der Waals surface area contributed by atoms with Crippen LogP contribution in [0.1, 0.15) is 30.2 Å². The molecule has 0 spiro atoms. The Kier molecular flexibility index (Phi) is 3.45. The van der Waals surface area contributed by atoms with E-state index in [1.807, 2.05) is 20.0 Å². The first-order chi connectivity index (χ1) is 12.0. The van der Waals surface area contributed by atoms with Crippen molar-refractivity contribution >= 4 is 28.1 Å². The number of rotatable bonds is 3. The Bertz CT molecular complexity index is 1100. The minimum absolute atomic E-state index is 0.0936. The maximum atomic E-state index is 14.3. The molecule has 0 unspecified atom stereocenters. The van der Waals surface area contributed by atoms with Crippen molar-refractivity contribution in [1.82, 2.24) is 24.4 Å². The monoisotopic (exact) mass is 338 g/mol. The highest BCUT2D eigenvalue weighted by atomic mass is 19.1. The Morgan fingerprint density at radius 1 is 1.32 bits per heavy atom. The van der Waals surface area contributed by atoms with Gasteiger partial charge in [-0.3, -0.25) is 9.48 Å². The first kappa shape index (κ1) is 15.3. The van der Waals surface area contributed by atoms with Crippen molar-refractivity contribution in [3.05, 3.63) is 54.4 Å². The van der Waals surface area contributed by atoms with Crippen LogP contribution in [0.25, 0.3) is 16.6 Å². The molecule has 0 aliphatic rings. The third-order valence-electron chi connectivity index (χ3n) is 3.91. The Labute approximate surface area is 142 Å². The molecule has 0 bridgehead atoms. The van der Waals surface area contributed by atoms with Crippen LogP contribution in [0, 0.1) is 5.82 Å². The topological polar surface area (TPSA) is 77.1 Å². The summed E-state index contributed by atoms with van der Waals surface area (Å²) in [4.78, 5) is 16.6. The van der Waals surface area contributed by atoms with Crippen molar-refractivity contribution in [2.75, 3.05) is 5.32 Å². The van der Waals surface area contributed by atoms with E-state index in [9.17, 15) is 9.18 Å². The molecule has 0 atom stereocenters. The average molecular weight is 338 g/mol. The minimum Gasteiger partial charge on any atom is -0.319 e. The Morgan fingerprint density at radius 3 is 2.96 bits per heavy atom. The molecule has 0 aliphatic carbocycles. The van der Waals surface area contributed by atoms with Crippen LogP contribution in [0.4, 0.5) is 10.1 Å². The van der Waals surface area contributed by atoms with Gasteiger partial charge in [-0.2, -0.15) is 10.2 Å². The number of fused-ring (bicyclic) bond motifs is 2. The van der Waals surface area contributed by atoms with Crippen LogP contribution in [0.15, 0.2) is 43.0 Å².